The van der Waals surface area contributed by atoms with E-state index in [1.165, 1.54) is 72.4 Å². The van der Waals surface area contributed by atoms with Crippen LogP contribution in [0.4, 0.5) is 28.4 Å². The van der Waals surface area contributed by atoms with Crippen LogP contribution in [0.1, 0.15) is 58.2 Å². The van der Waals surface area contributed by atoms with Crippen LogP contribution in [0.25, 0.3) is 55.3 Å². The lowest BCUT2D eigenvalue weighted by Crippen LogP contribution is -2.61. The van der Waals surface area contributed by atoms with E-state index in [1.54, 1.807) is 0 Å². The van der Waals surface area contributed by atoms with E-state index in [0.29, 0.717) is 0 Å². The predicted octanol–water partition coefficient (Wildman–Crippen LogP) is 14.5. The van der Waals surface area contributed by atoms with E-state index in [4.69, 9.17) is 4.42 Å². The van der Waals surface area contributed by atoms with Gasteiger partial charge >= 0.3 is 6.85 Å². The van der Waals surface area contributed by atoms with Gasteiger partial charge in [-0.2, -0.15) is 0 Å². The first-order valence-corrected chi connectivity index (χ1v) is 21.6. The summed E-state index contributed by atoms with van der Waals surface area (Å²) in [5.74, 6) is 0. The molecule has 11 rings (SSSR count). The summed E-state index contributed by atoms with van der Waals surface area (Å²) in [4.78, 5) is 5.21. The molecule has 4 heteroatoms. The maximum absolute atomic E-state index is 6.74. The first-order chi connectivity index (χ1) is 29.4. The van der Waals surface area contributed by atoms with Crippen LogP contribution in [0.15, 0.2) is 174 Å². The van der Waals surface area contributed by atoms with Crippen molar-refractivity contribution in [3.63, 3.8) is 0 Å². The Morgan fingerprint density at radius 2 is 1.15 bits per heavy atom. The topological polar surface area (TPSA) is 19.6 Å². The van der Waals surface area contributed by atoms with Crippen LogP contribution >= 0.6 is 0 Å². The third kappa shape index (κ3) is 5.95. The van der Waals surface area contributed by atoms with Gasteiger partial charge < -0.3 is 14.1 Å². The van der Waals surface area contributed by atoms with Gasteiger partial charge in [-0.15, -0.1) is 0 Å². The van der Waals surface area contributed by atoms with Crippen molar-refractivity contribution in [2.75, 3.05) is 9.71 Å². The molecule has 0 fully saturated rings. The van der Waals surface area contributed by atoms with Crippen molar-refractivity contribution in [2.45, 2.75) is 59.3 Å². The van der Waals surface area contributed by atoms with Gasteiger partial charge in [0.05, 0.1) is 16.8 Å². The number of nitrogens with zero attached hydrogens (tertiary/aromatic N) is 2. The summed E-state index contributed by atoms with van der Waals surface area (Å²) in [6, 6.07) is 63.2. The molecule has 0 atom stereocenters. The second-order valence-corrected chi connectivity index (χ2v) is 19.1. The lowest BCUT2D eigenvalue weighted by atomic mass is 9.43. The fourth-order valence-electron chi connectivity index (χ4n) is 9.91. The summed E-state index contributed by atoms with van der Waals surface area (Å²) in [7, 11) is 0. The molecule has 2 aliphatic heterocycles. The van der Waals surface area contributed by atoms with E-state index in [0.717, 1.165) is 39.0 Å². The second kappa shape index (κ2) is 13.6. The normalized spacial score (nSPS) is 13.4. The van der Waals surface area contributed by atoms with Gasteiger partial charge in [0.2, 0.25) is 0 Å². The molecule has 0 amide bonds. The van der Waals surface area contributed by atoms with Crippen molar-refractivity contribution in [3.05, 3.63) is 187 Å². The minimum Gasteiger partial charge on any atom is -0.456 e. The Bertz CT molecular complexity index is 3170. The molecule has 3 nitrogen and oxygen atoms in total. The minimum absolute atomic E-state index is 0.0288. The number of aryl methyl sites for hydroxylation is 1. The summed E-state index contributed by atoms with van der Waals surface area (Å²) < 4.78 is 6.74. The van der Waals surface area contributed by atoms with Gasteiger partial charge in [-0.3, -0.25) is 0 Å². The molecule has 0 saturated heterocycles. The first-order valence-electron chi connectivity index (χ1n) is 21.6. The van der Waals surface area contributed by atoms with Crippen LogP contribution in [0.5, 0.6) is 0 Å². The zero-order valence-corrected chi connectivity index (χ0v) is 36.0. The molecule has 0 bridgehead atoms. The molecule has 1 aromatic heterocycles. The predicted molar refractivity (Wildman–Crippen MR) is 260 cm³/mol. The molecule has 8 aromatic carbocycles. The molecule has 0 aliphatic carbocycles. The van der Waals surface area contributed by atoms with Gasteiger partial charge in [-0.25, -0.2) is 0 Å². The molecule has 61 heavy (non-hydrogen) atoms. The number of fused-ring (bicyclic) bond motifs is 8. The Morgan fingerprint density at radius 3 is 1.87 bits per heavy atom. The van der Waals surface area contributed by atoms with E-state index >= 15 is 0 Å². The van der Waals surface area contributed by atoms with Crippen molar-refractivity contribution in [3.8, 4) is 33.4 Å². The van der Waals surface area contributed by atoms with Crippen molar-refractivity contribution < 1.29 is 4.42 Å². The number of rotatable bonds is 4. The van der Waals surface area contributed by atoms with Crippen LogP contribution in [-0.4, -0.2) is 6.85 Å². The summed E-state index contributed by atoms with van der Waals surface area (Å²) in [6.45, 7) is 15.9. The van der Waals surface area contributed by atoms with E-state index in [-0.39, 0.29) is 17.7 Å². The van der Waals surface area contributed by atoms with Crippen LogP contribution in [-0.2, 0) is 10.8 Å². The Kier molecular flexibility index (Phi) is 8.32. The van der Waals surface area contributed by atoms with Gasteiger partial charge in [0, 0.05) is 33.6 Å². The van der Waals surface area contributed by atoms with Gasteiger partial charge in [-0.1, -0.05) is 163 Å². The minimum atomic E-state index is -0.136. The standard InChI is InChI=1S/C57H49BN2O/c1-36-32-46-43-28-22-39(37-16-10-8-11-17-37)34-49(43)60(42-26-23-40(24-27-42)56(2,3)4)58-47-29-31-52-53(44-20-14-15-21-51(44)61-52)55(47)59(50(33-36)54(46)58)48-30-25-41(57(5,6)7)35-45(48)38-18-12-9-13-19-38/h8-35H,1-7H3. The van der Waals surface area contributed by atoms with Gasteiger partial charge in [0.15, 0.2) is 0 Å². The second-order valence-electron chi connectivity index (χ2n) is 19.1. The number of furan rings is 1. The summed E-state index contributed by atoms with van der Waals surface area (Å²) in [5, 5.41) is 2.25. The molecule has 3 heterocycles. The largest absolute Gasteiger partial charge is 0.456 e. The third-order valence-electron chi connectivity index (χ3n) is 13.0. The molecule has 0 saturated carbocycles. The molecule has 9 aromatic rings. The van der Waals surface area contributed by atoms with Gasteiger partial charge in [-0.05, 0) is 116 Å². The molecule has 0 N–H and O–H groups in total. The molecule has 0 radical (unpaired) electrons. The Hall–Kier alpha value is -6.78. The number of para-hydroxylation sites is 1. The number of benzene rings is 8. The van der Waals surface area contributed by atoms with E-state index in [1.807, 2.05) is 0 Å². The molecule has 296 valence electrons. The molecule has 0 spiro atoms. The van der Waals surface area contributed by atoms with Crippen molar-refractivity contribution >= 4 is 68.1 Å². The summed E-state index contributed by atoms with van der Waals surface area (Å²) >= 11 is 0. The highest BCUT2D eigenvalue weighted by Gasteiger charge is 2.46. The Balaban J connectivity index is 1.28. The Labute approximate surface area is 360 Å². The summed E-state index contributed by atoms with van der Waals surface area (Å²) in [5.41, 5.74) is 21.4. The zero-order chi connectivity index (χ0) is 41.8. The highest BCUT2D eigenvalue weighted by Crippen LogP contribution is 2.52. The molecular formula is C57H49BN2O. The van der Waals surface area contributed by atoms with Crippen LogP contribution in [0.3, 0.4) is 0 Å². The number of anilines is 5. The highest BCUT2D eigenvalue weighted by molar-refractivity contribution is 6.94. The molecular weight excluding hydrogens is 739 g/mol. The molecule has 2 aliphatic rings. The molecule has 0 unspecified atom stereocenters. The summed E-state index contributed by atoms with van der Waals surface area (Å²) in [6.07, 6.45) is 0. The maximum Gasteiger partial charge on any atom is 0.333 e. The lowest BCUT2D eigenvalue weighted by molar-refractivity contribution is 0.590. The first kappa shape index (κ1) is 37.2. The Morgan fingerprint density at radius 1 is 0.475 bits per heavy atom. The number of hydrogen-bond acceptors (Lipinski definition) is 3. The fraction of sp³-hybridized carbons (Fsp3) is 0.158. The average Bonchev–Trinajstić information content (AvgIpc) is 3.65. The van der Waals surface area contributed by atoms with Crippen molar-refractivity contribution in [1.82, 2.24) is 0 Å². The van der Waals surface area contributed by atoms with Gasteiger partial charge in [0.25, 0.3) is 0 Å². The van der Waals surface area contributed by atoms with E-state index in [2.05, 4.69) is 228 Å². The van der Waals surface area contributed by atoms with Crippen molar-refractivity contribution in [2.24, 2.45) is 0 Å². The lowest BCUT2D eigenvalue weighted by Gasteiger charge is -2.46. The quantitative estimate of drug-likeness (QED) is 0.166. The monoisotopic (exact) mass is 788 g/mol. The fourth-order valence-corrected chi connectivity index (χ4v) is 9.91. The highest BCUT2D eigenvalue weighted by atomic mass is 16.3. The van der Waals surface area contributed by atoms with Crippen molar-refractivity contribution in [1.29, 1.82) is 0 Å². The SMILES string of the molecule is Cc1cc2c3c(c1)N(c1ccc(C(C)(C)C)cc1-c1ccccc1)c1c(ccc4oc5ccccc5c14)B3N(c1ccc(C(C)(C)C)cc1)c1cc(-c3ccccc3)ccc1-2. The third-order valence-corrected chi connectivity index (χ3v) is 13.0. The smallest absolute Gasteiger partial charge is 0.333 e. The zero-order valence-electron chi connectivity index (χ0n) is 36.0. The van der Waals surface area contributed by atoms with Crippen LogP contribution < -0.4 is 20.6 Å². The van der Waals surface area contributed by atoms with Crippen LogP contribution in [0, 0.1) is 6.92 Å². The van der Waals surface area contributed by atoms with Gasteiger partial charge in [0.1, 0.15) is 11.2 Å². The maximum atomic E-state index is 6.74. The van der Waals surface area contributed by atoms with E-state index in [9.17, 15) is 0 Å². The van der Waals surface area contributed by atoms with Crippen LogP contribution in [0.2, 0.25) is 0 Å². The number of hydrogen-bond donors (Lipinski definition) is 0. The average molecular weight is 789 g/mol. The van der Waals surface area contributed by atoms with E-state index < -0.39 is 0 Å².